The van der Waals surface area contributed by atoms with Crippen molar-refractivity contribution < 1.29 is 24.2 Å². The maximum atomic E-state index is 13.5. The van der Waals surface area contributed by atoms with Crippen molar-refractivity contribution in [1.82, 2.24) is 9.88 Å². The molecule has 2 aliphatic heterocycles. The van der Waals surface area contributed by atoms with Crippen LogP contribution < -0.4 is 9.61 Å². The number of aliphatic carboxylic acids is 1. The Morgan fingerprint density at radius 3 is 2.50 bits per heavy atom. The quantitative estimate of drug-likeness (QED) is 0.397. The topological polar surface area (TPSA) is 117 Å². The minimum Gasteiger partial charge on any atom is -0.497 e. The molecule has 2 amide bonds. The molecule has 3 fully saturated rings. The summed E-state index contributed by atoms with van der Waals surface area (Å²) >= 11 is 2.95. The van der Waals surface area contributed by atoms with Gasteiger partial charge in [0.05, 0.1) is 24.0 Å². The Bertz CT molecular complexity index is 1270. The number of aromatic nitrogens is 1. The Balaban J connectivity index is 1.28. The number of ether oxygens (including phenoxy) is 1. The van der Waals surface area contributed by atoms with Crippen molar-refractivity contribution in [2.24, 2.45) is 29.6 Å². The summed E-state index contributed by atoms with van der Waals surface area (Å²) in [5, 5.41) is 9.91. The number of aromatic amines is 1. The van der Waals surface area contributed by atoms with E-state index in [1.54, 1.807) is 18.9 Å². The van der Waals surface area contributed by atoms with Crippen LogP contribution in [0.2, 0.25) is 0 Å². The molecule has 1 aromatic carbocycles. The number of nitrogens with zero attached hydrogens (tertiary/aromatic N) is 1. The summed E-state index contributed by atoms with van der Waals surface area (Å²) in [6, 6.07) is 7.99. The third-order valence-electron chi connectivity index (χ3n) is 8.56. The van der Waals surface area contributed by atoms with E-state index in [-0.39, 0.29) is 63.9 Å². The second-order valence-electron chi connectivity index (χ2n) is 10.3. The zero-order chi connectivity index (χ0) is 25.1. The van der Waals surface area contributed by atoms with Gasteiger partial charge in [0.1, 0.15) is 5.75 Å². The van der Waals surface area contributed by atoms with Gasteiger partial charge < -0.3 is 14.8 Å². The highest BCUT2D eigenvalue weighted by molar-refractivity contribution is 8.00. The minimum absolute atomic E-state index is 0.00465. The number of thioether (sulfide) groups is 1. The number of fused-ring (bicyclic) bond motifs is 9. The van der Waals surface area contributed by atoms with Crippen LogP contribution in [0.1, 0.15) is 48.5 Å². The fourth-order valence-electron chi connectivity index (χ4n) is 7.21. The van der Waals surface area contributed by atoms with Gasteiger partial charge in [-0.25, -0.2) is 0 Å². The van der Waals surface area contributed by atoms with Crippen LogP contribution in [0.4, 0.5) is 0 Å². The van der Waals surface area contributed by atoms with Gasteiger partial charge in [-0.2, -0.15) is 0 Å². The van der Waals surface area contributed by atoms with Gasteiger partial charge in [0.15, 0.2) is 0 Å². The van der Waals surface area contributed by atoms with E-state index in [1.807, 2.05) is 12.1 Å². The number of hydrogen-bond acceptors (Lipinski definition) is 7. The number of methoxy groups -OCH3 is 1. The minimum atomic E-state index is -0.823. The van der Waals surface area contributed by atoms with Crippen LogP contribution in [-0.4, -0.2) is 51.7 Å². The number of H-pyrrole nitrogens is 1. The molecule has 2 aromatic rings. The number of thiazole rings is 1. The first-order chi connectivity index (χ1) is 17.4. The molecule has 2 N–H and O–H groups in total. The fourth-order valence-corrected chi connectivity index (χ4v) is 10.1. The second-order valence-corrected chi connectivity index (χ2v) is 12.5. The maximum absolute atomic E-state index is 13.5. The number of carbonyl (C=O) groups excluding carboxylic acids is 2. The number of carbonyl (C=O) groups is 3. The smallest absolute Gasteiger partial charge is 0.305 e. The Morgan fingerprint density at radius 1 is 1.08 bits per heavy atom. The van der Waals surface area contributed by atoms with Gasteiger partial charge in [0, 0.05) is 29.0 Å². The molecule has 0 unspecified atom stereocenters. The Hall–Kier alpha value is -2.59. The molecule has 10 heteroatoms. The van der Waals surface area contributed by atoms with Crippen LogP contribution in [-0.2, 0) is 14.4 Å². The molecule has 3 heterocycles. The largest absolute Gasteiger partial charge is 0.497 e. The zero-order valence-electron chi connectivity index (χ0n) is 19.8. The molecular formula is C26H28N2O6S2. The van der Waals surface area contributed by atoms with Crippen LogP contribution in [0.15, 0.2) is 34.1 Å². The summed E-state index contributed by atoms with van der Waals surface area (Å²) in [4.78, 5) is 55.5. The van der Waals surface area contributed by atoms with Gasteiger partial charge in [0.25, 0.3) is 0 Å². The lowest BCUT2D eigenvalue weighted by Crippen LogP contribution is -2.42. The molecule has 4 aliphatic rings. The first-order valence-corrected chi connectivity index (χ1v) is 14.2. The highest BCUT2D eigenvalue weighted by Gasteiger charge is 2.69. The lowest BCUT2D eigenvalue weighted by atomic mass is 9.68. The summed E-state index contributed by atoms with van der Waals surface area (Å²) in [6.45, 7) is 0.370. The third-order valence-corrected chi connectivity index (χ3v) is 11.2. The number of unbranched alkanes of at least 4 members (excludes halogenated alkanes) is 2. The van der Waals surface area contributed by atoms with E-state index in [0.717, 1.165) is 27.6 Å². The van der Waals surface area contributed by atoms with Gasteiger partial charge >= 0.3 is 10.8 Å². The van der Waals surface area contributed by atoms with Crippen molar-refractivity contribution in [2.45, 2.75) is 48.3 Å². The standard InChI is InChI=1S/C26H28N2O6S2/c1-34-13-8-6-12(7-9-13)17-18-14-11-15(21(18)35-23-22(17)36-26(33)27-23)20-19(14)24(31)28(25(20)32)10-4-2-3-5-16(29)30/h6-9,14-15,17-21H,2-5,10-11H2,1H3,(H,27,33)(H,29,30)/t14-,15+,17-,18+,19+,20+,21+/m0/s1. The normalized spacial score (nSPS) is 31.9. The zero-order valence-corrected chi connectivity index (χ0v) is 21.5. The van der Waals surface area contributed by atoms with Crippen molar-refractivity contribution in [2.75, 3.05) is 13.7 Å². The molecule has 36 heavy (non-hydrogen) atoms. The molecule has 190 valence electrons. The van der Waals surface area contributed by atoms with Gasteiger partial charge in [-0.05, 0) is 54.7 Å². The van der Waals surface area contributed by atoms with E-state index in [4.69, 9.17) is 9.84 Å². The Labute approximate surface area is 216 Å². The van der Waals surface area contributed by atoms with Gasteiger partial charge in [-0.1, -0.05) is 29.9 Å². The summed E-state index contributed by atoms with van der Waals surface area (Å²) < 4.78 is 5.35. The van der Waals surface area contributed by atoms with E-state index < -0.39 is 5.97 Å². The molecule has 8 nitrogen and oxygen atoms in total. The Morgan fingerprint density at radius 2 is 1.81 bits per heavy atom. The molecule has 7 atom stereocenters. The van der Waals surface area contributed by atoms with Crippen molar-refractivity contribution in [3.8, 4) is 5.75 Å². The number of rotatable bonds is 8. The molecule has 0 radical (unpaired) electrons. The van der Waals surface area contributed by atoms with E-state index in [2.05, 4.69) is 17.1 Å². The molecule has 2 aliphatic carbocycles. The highest BCUT2D eigenvalue weighted by atomic mass is 32.2. The number of carboxylic acid groups (broad SMARTS) is 1. The fraction of sp³-hybridized carbons (Fsp3) is 0.538. The molecular weight excluding hydrogens is 500 g/mol. The van der Waals surface area contributed by atoms with Crippen molar-refractivity contribution >= 4 is 40.9 Å². The highest BCUT2D eigenvalue weighted by Crippen LogP contribution is 2.68. The lowest BCUT2D eigenvalue weighted by molar-refractivity contribution is -0.141. The molecule has 1 aromatic heterocycles. The van der Waals surface area contributed by atoms with Gasteiger partial charge in [0.2, 0.25) is 11.8 Å². The number of imide groups is 1. The molecule has 1 saturated heterocycles. The number of likely N-dealkylation sites (tertiary alicyclic amines) is 1. The van der Waals surface area contributed by atoms with Crippen LogP contribution >= 0.6 is 23.1 Å². The predicted molar refractivity (Wildman–Crippen MR) is 134 cm³/mol. The number of benzene rings is 1. The lowest BCUT2D eigenvalue weighted by Gasteiger charge is -2.43. The van der Waals surface area contributed by atoms with Crippen molar-refractivity contribution in [1.29, 1.82) is 0 Å². The summed E-state index contributed by atoms with van der Waals surface area (Å²) in [6.07, 6.45) is 2.84. The van der Waals surface area contributed by atoms with Crippen LogP contribution in [0.5, 0.6) is 5.75 Å². The van der Waals surface area contributed by atoms with Crippen molar-refractivity contribution in [3.05, 3.63) is 44.4 Å². The van der Waals surface area contributed by atoms with Crippen molar-refractivity contribution in [3.63, 3.8) is 0 Å². The third kappa shape index (κ3) is 3.63. The molecule has 2 bridgehead atoms. The van der Waals surface area contributed by atoms with Gasteiger partial charge in [-0.3, -0.25) is 24.1 Å². The Kier molecular flexibility index (Phi) is 5.99. The van der Waals surface area contributed by atoms with Gasteiger partial charge in [-0.15, -0.1) is 11.8 Å². The number of nitrogens with one attached hydrogen (secondary N) is 1. The summed E-state index contributed by atoms with van der Waals surface area (Å²) in [5.41, 5.74) is 1.11. The monoisotopic (exact) mass is 528 g/mol. The van der Waals surface area contributed by atoms with E-state index in [0.29, 0.717) is 25.8 Å². The average molecular weight is 529 g/mol. The molecule has 6 rings (SSSR count). The number of hydrogen-bond donors (Lipinski definition) is 2. The summed E-state index contributed by atoms with van der Waals surface area (Å²) in [7, 11) is 1.63. The molecule has 2 saturated carbocycles. The maximum Gasteiger partial charge on any atom is 0.305 e. The second kappa shape index (κ2) is 9.06. The number of carboxylic acids is 1. The first kappa shape index (κ1) is 23.8. The number of amides is 2. The molecule has 0 spiro atoms. The van der Waals surface area contributed by atoms with E-state index in [9.17, 15) is 19.2 Å². The predicted octanol–water partition coefficient (Wildman–Crippen LogP) is 3.56. The SMILES string of the molecule is COc1ccc([C@@H]2c3sc(=O)[nH]c3S[C@@H]3[C@@H]4C[C@H]([C@H]5C(=O)N(CCCCCC(=O)O)C(=O)[C@H]45)[C@H]23)cc1. The van der Waals surface area contributed by atoms with Crippen LogP contribution in [0.25, 0.3) is 0 Å². The first-order valence-electron chi connectivity index (χ1n) is 12.5. The van der Waals surface area contributed by atoms with Crippen LogP contribution in [0, 0.1) is 29.6 Å². The summed E-state index contributed by atoms with van der Waals surface area (Å²) in [5.74, 6) is -0.335. The van der Waals surface area contributed by atoms with Crippen LogP contribution in [0.3, 0.4) is 0 Å². The van der Waals surface area contributed by atoms with E-state index in [1.165, 1.54) is 16.2 Å². The van der Waals surface area contributed by atoms with E-state index >= 15 is 0 Å². The average Bonchev–Trinajstić information content (AvgIpc) is 3.59.